The molecule has 0 saturated heterocycles. The lowest BCUT2D eigenvalue weighted by Crippen LogP contribution is -1.72. The molecule has 1 aromatic rings. The Morgan fingerprint density at radius 3 is 2.71 bits per heavy atom. The lowest BCUT2D eigenvalue weighted by atomic mass is 10.9. The summed E-state index contributed by atoms with van der Waals surface area (Å²) in [5, 5.41) is 0.419. The van der Waals surface area contributed by atoms with Gasteiger partial charge in [-0.2, -0.15) is 0 Å². The van der Waals surface area contributed by atoms with Gasteiger partial charge < -0.3 is 4.57 Å². The predicted molar refractivity (Wildman–Crippen MR) is 26.9 cm³/mol. The topological polar surface area (TPSA) is 17.8 Å². The molecule has 2 radical (unpaired) electrons. The molecule has 0 unspecified atom stereocenters. The lowest BCUT2D eigenvalue weighted by Gasteiger charge is -1.75. The molecular weight excluding hydrogens is 112 g/mol. The number of nitrogens with zero attached hydrogens (tertiary/aromatic N) is 2. The van der Waals surface area contributed by atoms with Crippen molar-refractivity contribution in [2.75, 3.05) is 0 Å². The van der Waals surface area contributed by atoms with Crippen LogP contribution >= 0.6 is 11.6 Å². The maximum Gasteiger partial charge on any atom is 0.146 e. The molecule has 1 heterocycles. The third-order valence-corrected chi connectivity index (χ3v) is 0.765. The Morgan fingerprint density at radius 2 is 2.57 bits per heavy atom. The van der Waals surface area contributed by atoms with Crippen LogP contribution in [0.5, 0.6) is 0 Å². The van der Waals surface area contributed by atoms with Crippen molar-refractivity contribution >= 4 is 11.6 Å². The number of imidazole rings is 1. The normalized spacial score (nSPS) is 9.43. The summed E-state index contributed by atoms with van der Waals surface area (Å²) in [5.41, 5.74) is 0. The highest BCUT2D eigenvalue weighted by Gasteiger charge is 1.85. The van der Waals surface area contributed by atoms with Crippen molar-refractivity contribution in [1.82, 2.24) is 9.55 Å². The minimum Gasteiger partial charge on any atom is -0.328 e. The second kappa shape index (κ2) is 1.54. The first-order chi connectivity index (χ1) is 3.29. The summed E-state index contributed by atoms with van der Waals surface area (Å²) in [6, 6.07) is 0. The SMILES string of the molecule is [CH]n1cnc(Cl)c1. The highest BCUT2D eigenvalue weighted by Crippen LogP contribution is 1.99. The molecule has 0 fully saturated rings. The molecular formula is C4H3ClN2. The maximum absolute atomic E-state index is 5.35. The Morgan fingerprint density at radius 1 is 1.86 bits per heavy atom. The van der Waals surface area contributed by atoms with Gasteiger partial charge in [0.05, 0.1) is 13.4 Å². The number of hydrogen-bond donors (Lipinski definition) is 0. The van der Waals surface area contributed by atoms with E-state index in [2.05, 4.69) is 4.98 Å². The van der Waals surface area contributed by atoms with Crippen molar-refractivity contribution in [3.63, 3.8) is 0 Å². The van der Waals surface area contributed by atoms with Crippen LogP contribution in [-0.2, 0) is 0 Å². The number of rotatable bonds is 0. The number of aromatic nitrogens is 2. The predicted octanol–water partition coefficient (Wildman–Crippen LogP) is 1.05. The van der Waals surface area contributed by atoms with Crippen LogP contribution in [0.4, 0.5) is 0 Å². The van der Waals surface area contributed by atoms with Gasteiger partial charge in [0, 0.05) is 6.20 Å². The summed E-state index contributed by atoms with van der Waals surface area (Å²) < 4.78 is 1.29. The van der Waals surface area contributed by atoms with Gasteiger partial charge in [0.15, 0.2) is 0 Å². The second-order valence-corrected chi connectivity index (χ2v) is 1.53. The lowest BCUT2D eigenvalue weighted by molar-refractivity contribution is 1.06. The van der Waals surface area contributed by atoms with Crippen molar-refractivity contribution in [2.45, 2.75) is 0 Å². The molecule has 1 aromatic heterocycles. The standard InChI is InChI=1S/C4H3ClN2/c1-7-2-4(5)6-3-7/h1-3H. The maximum atomic E-state index is 5.35. The van der Waals surface area contributed by atoms with Crippen LogP contribution in [0.15, 0.2) is 12.5 Å². The summed E-state index contributed by atoms with van der Waals surface area (Å²) in [6.07, 6.45) is 2.95. The van der Waals surface area contributed by atoms with Gasteiger partial charge in [0.1, 0.15) is 5.15 Å². The molecule has 0 aliphatic heterocycles. The van der Waals surface area contributed by atoms with E-state index in [0.717, 1.165) is 0 Å². The summed E-state index contributed by atoms with van der Waals surface area (Å²) in [4.78, 5) is 3.62. The fourth-order valence-corrected chi connectivity index (χ4v) is 0.468. The van der Waals surface area contributed by atoms with Crippen LogP contribution in [0.25, 0.3) is 0 Å². The molecule has 0 amide bonds. The van der Waals surface area contributed by atoms with Crippen LogP contribution in [0.3, 0.4) is 0 Å². The second-order valence-electron chi connectivity index (χ2n) is 1.14. The molecule has 36 valence electrons. The molecule has 0 bridgehead atoms. The number of hydrogen-bond acceptors (Lipinski definition) is 1. The van der Waals surface area contributed by atoms with E-state index >= 15 is 0 Å². The molecule has 7 heavy (non-hydrogen) atoms. The van der Waals surface area contributed by atoms with Gasteiger partial charge in [-0.3, -0.25) is 0 Å². The van der Waals surface area contributed by atoms with E-state index in [1.54, 1.807) is 0 Å². The summed E-state index contributed by atoms with van der Waals surface area (Å²) >= 11 is 5.35. The minimum atomic E-state index is 0.419. The van der Waals surface area contributed by atoms with Gasteiger partial charge in [-0.05, 0) is 0 Å². The van der Waals surface area contributed by atoms with Gasteiger partial charge in [-0.1, -0.05) is 11.6 Å². The van der Waals surface area contributed by atoms with E-state index in [9.17, 15) is 0 Å². The molecule has 1 rings (SSSR count). The Labute approximate surface area is 46.7 Å². The molecule has 0 atom stereocenters. The molecule has 0 N–H and O–H groups in total. The zero-order valence-electron chi connectivity index (χ0n) is 3.50. The first kappa shape index (κ1) is 4.65. The van der Waals surface area contributed by atoms with E-state index in [4.69, 9.17) is 18.6 Å². The first-order valence-electron chi connectivity index (χ1n) is 1.73. The molecule has 0 aliphatic carbocycles. The average molecular weight is 115 g/mol. The van der Waals surface area contributed by atoms with E-state index in [1.165, 1.54) is 17.1 Å². The monoisotopic (exact) mass is 114 g/mol. The Bertz CT molecular complexity index is 142. The zero-order chi connectivity index (χ0) is 5.28. The number of halogens is 1. The quantitative estimate of drug-likeness (QED) is 0.493. The molecule has 3 heteroatoms. The van der Waals surface area contributed by atoms with Gasteiger partial charge in [-0.25, -0.2) is 4.98 Å². The minimum absolute atomic E-state index is 0.419. The van der Waals surface area contributed by atoms with Crippen LogP contribution in [0, 0.1) is 7.05 Å². The molecule has 2 nitrogen and oxygen atoms in total. The van der Waals surface area contributed by atoms with E-state index in [1.807, 2.05) is 0 Å². The van der Waals surface area contributed by atoms with Crippen molar-refractivity contribution in [3.05, 3.63) is 24.7 Å². The van der Waals surface area contributed by atoms with Crippen molar-refractivity contribution in [3.8, 4) is 0 Å². The highest BCUT2D eigenvalue weighted by atomic mass is 35.5. The van der Waals surface area contributed by atoms with Crippen molar-refractivity contribution in [1.29, 1.82) is 0 Å². The Kier molecular flexibility index (Phi) is 1.02. The Balaban J connectivity index is 3.04. The van der Waals surface area contributed by atoms with Crippen LogP contribution in [0.2, 0.25) is 5.15 Å². The van der Waals surface area contributed by atoms with E-state index in [-0.39, 0.29) is 0 Å². The third-order valence-electron chi connectivity index (χ3n) is 0.570. The smallest absolute Gasteiger partial charge is 0.146 e. The Hall–Kier alpha value is -0.500. The van der Waals surface area contributed by atoms with Crippen LogP contribution in [0.1, 0.15) is 0 Å². The van der Waals surface area contributed by atoms with Crippen molar-refractivity contribution in [2.24, 2.45) is 0 Å². The van der Waals surface area contributed by atoms with Gasteiger partial charge >= 0.3 is 0 Å². The highest BCUT2D eigenvalue weighted by molar-refractivity contribution is 6.29. The first-order valence-corrected chi connectivity index (χ1v) is 2.11. The van der Waals surface area contributed by atoms with E-state index in [0.29, 0.717) is 5.15 Å². The molecule has 0 saturated carbocycles. The summed E-state index contributed by atoms with van der Waals surface area (Å²) in [7, 11) is 5.15. The van der Waals surface area contributed by atoms with Crippen LogP contribution in [-0.4, -0.2) is 9.55 Å². The molecule has 0 spiro atoms. The largest absolute Gasteiger partial charge is 0.328 e. The van der Waals surface area contributed by atoms with Crippen molar-refractivity contribution < 1.29 is 0 Å². The molecule has 0 aliphatic rings. The van der Waals surface area contributed by atoms with Gasteiger partial charge in [-0.15, -0.1) is 0 Å². The summed E-state index contributed by atoms with van der Waals surface area (Å²) in [5.74, 6) is 0. The van der Waals surface area contributed by atoms with E-state index < -0.39 is 0 Å². The van der Waals surface area contributed by atoms with Crippen LogP contribution < -0.4 is 0 Å². The van der Waals surface area contributed by atoms with Gasteiger partial charge in [0.2, 0.25) is 0 Å². The van der Waals surface area contributed by atoms with Gasteiger partial charge in [0.25, 0.3) is 0 Å². The molecule has 0 aromatic carbocycles. The third kappa shape index (κ3) is 0.933. The summed E-state index contributed by atoms with van der Waals surface area (Å²) in [6.45, 7) is 0. The average Bonchev–Trinajstić information content (AvgIpc) is 1.87. The fraction of sp³-hybridized carbons (Fsp3) is 0. The fourth-order valence-electron chi connectivity index (χ4n) is 0.311. The zero-order valence-corrected chi connectivity index (χ0v) is 4.26.